The van der Waals surface area contributed by atoms with Gasteiger partial charge in [0.15, 0.2) is 5.17 Å². The smallest absolute Gasteiger partial charge is 0.339 e. The van der Waals surface area contributed by atoms with Crippen molar-refractivity contribution in [3.63, 3.8) is 0 Å². The number of nitrogens with zero attached hydrogens (tertiary/aromatic N) is 4. The number of carbonyl (C=O) groups excluding carboxylic acids is 1. The lowest BCUT2D eigenvalue weighted by Crippen LogP contribution is -2.16. The first kappa shape index (κ1) is 24.1. The molecule has 0 unspecified atom stereocenters. The highest BCUT2D eigenvalue weighted by Gasteiger charge is 2.24. The second kappa shape index (κ2) is 10.4. The Kier molecular flexibility index (Phi) is 7.55. The third kappa shape index (κ3) is 6.23. The molecule has 0 bridgehead atoms. The first-order chi connectivity index (χ1) is 15.7. The van der Waals surface area contributed by atoms with Gasteiger partial charge in [0.2, 0.25) is 5.95 Å². The van der Waals surface area contributed by atoms with Crippen molar-refractivity contribution in [1.29, 1.82) is 0 Å². The number of rotatable bonds is 6. The Morgan fingerprint density at radius 3 is 2.42 bits per heavy atom. The molecule has 3 rings (SSSR count). The Morgan fingerprint density at radius 2 is 1.76 bits per heavy atom. The number of hydrogen-bond acceptors (Lipinski definition) is 9. The maximum atomic E-state index is 13.3. The molecule has 0 saturated carbocycles. The van der Waals surface area contributed by atoms with Crippen LogP contribution in [0.5, 0.6) is 6.01 Å². The molecule has 3 aromatic rings. The van der Waals surface area contributed by atoms with Gasteiger partial charge in [0.1, 0.15) is 16.5 Å². The van der Waals surface area contributed by atoms with Crippen LogP contribution in [0.15, 0.2) is 62.7 Å². The predicted molar refractivity (Wildman–Crippen MR) is 119 cm³/mol. The molecule has 10 nitrogen and oxygen atoms in total. The largest absolute Gasteiger partial charge is 0.467 e. The summed E-state index contributed by atoms with van der Waals surface area (Å²) in [6.45, 7) is 1.60. The Bertz CT molecular complexity index is 1300. The standard InChI is InChI=1S/C20H18FN5O5S2/c1-12-22-18(24-19(23-12)31-3)25-20(32-14-10-8-13(21)9-11-14)26-33(28,29)16-7-5-4-6-15(16)17(27)30-2/h4-11H,1-3H3,(H,22,23,24,25,26). The minimum atomic E-state index is -4.39. The fourth-order valence-electron chi connectivity index (χ4n) is 2.51. The molecule has 1 aromatic heterocycles. The first-order valence-corrected chi connectivity index (χ1v) is 11.5. The minimum Gasteiger partial charge on any atom is -0.467 e. The zero-order valence-electron chi connectivity index (χ0n) is 17.6. The molecule has 13 heteroatoms. The molecule has 0 spiro atoms. The van der Waals surface area contributed by atoms with Gasteiger partial charge in [-0.1, -0.05) is 23.9 Å². The molecule has 0 amide bonds. The lowest BCUT2D eigenvalue weighted by molar-refractivity contribution is 0.0596. The van der Waals surface area contributed by atoms with E-state index in [9.17, 15) is 17.6 Å². The maximum Gasteiger partial charge on any atom is 0.339 e. The number of aryl methyl sites for hydroxylation is 1. The van der Waals surface area contributed by atoms with Crippen LogP contribution in [-0.2, 0) is 14.8 Å². The number of esters is 1. The zero-order valence-corrected chi connectivity index (χ0v) is 19.3. The van der Waals surface area contributed by atoms with Crippen LogP contribution < -0.4 is 10.1 Å². The molecule has 0 aliphatic heterocycles. The number of benzene rings is 2. The number of methoxy groups -OCH3 is 2. The first-order valence-electron chi connectivity index (χ1n) is 9.21. The summed E-state index contributed by atoms with van der Waals surface area (Å²) in [5.74, 6) is -0.996. The molecule has 172 valence electrons. The van der Waals surface area contributed by atoms with E-state index in [1.54, 1.807) is 6.92 Å². The number of sulfonamides is 1. The summed E-state index contributed by atoms with van der Waals surface area (Å²) in [7, 11) is -1.88. The zero-order chi connectivity index (χ0) is 24.0. The summed E-state index contributed by atoms with van der Waals surface area (Å²) < 4.78 is 53.1. The molecule has 0 aliphatic carbocycles. The molecule has 2 aromatic carbocycles. The number of hydrogen-bond donors (Lipinski definition) is 1. The van der Waals surface area contributed by atoms with Gasteiger partial charge in [-0.3, -0.25) is 0 Å². The van der Waals surface area contributed by atoms with Crippen molar-refractivity contribution in [2.24, 2.45) is 4.40 Å². The highest BCUT2D eigenvalue weighted by atomic mass is 32.2. The highest BCUT2D eigenvalue weighted by molar-refractivity contribution is 8.14. The molecular formula is C20H18FN5O5S2. The topological polar surface area (TPSA) is 133 Å². The van der Waals surface area contributed by atoms with E-state index in [0.29, 0.717) is 10.7 Å². The van der Waals surface area contributed by atoms with Crippen molar-refractivity contribution in [1.82, 2.24) is 15.0 Å². The van der Waals surface area contributed by atoms with E-state index in [1.165, 1.54) is 55.6 Å². The number of aromatic nitrogens is 3. The van der Waals surface area contributed by atoms with Gasteiger partial charge in [-0.05, 0) is 43.3 Å². The van der Waals surface area contributed by atoms with Gasteiger partial charge in [0.05, 0.1) is 19.8 Å². The van der Waals surface area contributed by atoms with Crippen molar-refractivity contribution in [2.75, 3.05) is 19.5 Å². The monoisotopic (exact) mass is 491 g/mol. The van der Waals surface area contributed by atoms with Gasteiger partial charge in [0, 0.05) is 4.90 Å². The van der Waals surface area contributed by atoms with E-state index < -0.39 is 21.8 Å². The van der Waals surface area contributed by atoms with Crippen molar-refractivity contribution >= 4 is 38.9 Å². The molecule has 1 N–H and O–H groups in total. The average Bonchev–Trinajstić information content (AvgIpc) is 2.79. The second-order valence-electron chi connectivity index (χ2n) is 6.23. The van der Waals surface area contributed by atoms with Crippen LogP contribution in [0, 0.1) is 12.7 Å². The van der Waals surface area contributed by atoms with Gasteiger partial charge in [-0.15, -0.1) is 4.40 Å². The summed E-state index contributed by atoms with van der Waals surface area (Å²) in [6.07, 6.45) is 0. The molecule has 33 heavy (non-hydrogen) atoms. The SMILES string of the molecule is COC(=O)c1ccccc1S(=O)(=O)N=C(Nc1nc(C)nc(OC)n1)Sc1ccc(F)cc1. The molecule has 0 radical (unpaired) electrons. The third-order valence-corrected chi connectivity index (χ3v) is 6.27. The normalized spacial score (nSPS) is 11.7. The van der Waals surface area contributed by atoms with Crippen LogP contribution in [0.4, 0.5) is 10.3 Å². The van der Waals surface area contributed by atoms with Gasteiger partial charge >= 0.3 is 12.0 Å². The average molecular weight is 492 g/mol. The molecule has 0 atom stereocenters. The number of ether oxygens (including phenoxy) is 2. The second-order valence-corrected chi connectivity index (χ2v) is 8.87. The molecule has 0 fully saturated rings. The van der Waals surface area contributed by atoms with Gasteiger partial charge in [0.25, 0.3) is 10.0 Å². The molecule has 1 heterocycles. The summed E-state index contributed by atoms with van der Waals surface area (Å²) in [6, 6.07) is 10.9. The number of nitrogens with one attached hydrogen (secondary N) is 1. The van der Waals surface area contributed by atoms with Gasteiger partial charge in [-0.2, -0.15) is 23.4 Å². The highest BCUT2D eigenvalue weighted by Crippen LogP contribution is 2.25. The van der Waals surface area contributed by atoms with E-state index in [0.717, 1.165) is 18.9 Å². The summed E-state index contributed by atoms with van der Waals surface area (Å²) >= 11 is 0.889. The van der Waals surface area contributed by atoms with E-state index in [4.69, 9.17) is 4.74 Å². The molecular weight excluding hydrogens is 473 g/mol. The van der Waals surface area contributed by atoms with Crippen molar-refractivity contribution in [3.8, 4) is 6.01 Å². The molecule has 0 aliphatic rings. The van der Waals surface area contributed by atoms with Gasteiger partial charge < -0.3 is 14.8 Å². The Labute approximate surface area is 193 Å². The van der Waals surface area contributed by atoms with Crippen LogP contribution in [0.1, 0.15) is 16.2 Å². The summed E-state index contributed by atoms with van der Waals surface area (Å²) in [4.78, 5) is 24.3. The Balaban J connectivity index is 2.07. The van der Waals surface area contributed by atoms with Crippen LogP contribution in [0.2, 0.25) is 0 Å². The fraction of sp³-hybridized carbons (Fsp3) is 0.150. The van der Waals surface area contributed by atoms with Crippen molar-refractivity contribution in [3.05, 3.63) is 65.7 Å². The Hall–Kier alpha value is -3.58. The number of thioether (sulfide) groups is 1. The quantitative estimate of drug-likeness (QED) is 0.237. The number of halogens is 1. The lowest BCUT2D eigenvalue weighted by atomic mass is 10.2. The van der Waals surface area contributed by atoms with E-state index >= 15 is 0 Å². The van der Waals surface area contributed by atoms with Crippen molar-refractivity contribution < 1.29 is 27.1 Å². The number of amidine groups is 1. The number of carbonyl (C=O) groups is 1. The van der Waals surface area contributed by atoms with E-state index in [1.807, 2.05) is 0 Å². The van der Waals surface area contributed by atoms with Crippen molar-refractivity contribution in [2.45, 2.75) is 16.7 Å². The predicted octanol–water partition coefficient (Wildman–Crippen LogP) is 3.06. The van der Waals surface area contributed by atoms with Crippen LogP contribution in [0.3, 0.4) is 0 Å². The third-order valence-electron chi connectivity index (χ3n) is 3.93. The lowest BCUT2D eigenvalue weighted by Gasteiger charge is -2.11. The van der Waals surface area contributed by atoms with Crippen LogP contribution in [-0.4, -0.2) is 48.7 Å². The Morgan fingerprint density at radius 1 is 1.06 bits per heavy atom. The molecule has 0 saturated heterocycles. The van der Waals surface area contributed by atoms with Crippen LogP contribution in [0.25, 0.3) is 0 Å². The van der Waals surface area contributed by atoms with Crippen LogP contribution >= 0.6 is 11.8 Å². The summed E-state index contributed by atoms with van der Waals surface area (Å²) in [5, 5.41) is 2.57. The van der Waals surface area contributed by atoms with E-state index in [-0.39, 0.29) is 27.6 Å². The summed E-state index contributed by atoms with van der Waals surface area (Å²) in [5.41, 5.74) is -0.174. The number of anilines is 1. The fourth-order valence-corrected chi connectivity index (χ4v) is 4.63. The maximum absolute atomic E-state index is 13.3. The van der Waals surface area contributed by atoms with E-state index in [2.05, 4.69) is 29.4 Å². The minimum absolute atomic E-state index is 0.00928. The van der Waals surface area contributed by atoms with Gasteiger partial charge in [-0.25, -0.2) is 9.18 Å².